The van der Waals surface area contributed by atoms with Crippen molar-refractivity contribution in [1.82, 2.24) is 9.36 Å². The number of anilines is 1. The molecule has 0 saturated heterocycles. The molecule has 106 valence electrons. The molecule has 2 N–H and O–H groups in total. The third-order valence-corrected chi connectivity index (χ3v) is 3.20. The Morgan fingerprint density at radius 1 is 1.40 bits per heavy atom. The molecule has 2 aromatic rings. The first kappa shape index (κ1) is 13.9. The highest BCUT2D eigenvalue weighted by Crippen LogP contribution is 2.18. The van der Waals surface area contributed by atoms with Gasteiger partial charge in [0.25, 0.3) is 11.2 Å². The highest BCUT2D eigenvalue weighted by molar-refractivity contribution is 5.48. The Morgan fingerprint density at radius 2 is 2.10 bits per heavy atom. The topological polar surface area (TPSA) is 96.1 Å². The molecule has 0 unspecified atom stereocenters. The van der Waals surface area contributed by atoms with E-state index in [2.05, 4.69) is 0 Å². The molecule has 0 amide bonds. The first-order valence-electron chi connectivity index (χ1n) is 6.28. The molecule has 7 heteroatoms. The predicted octanol–water partition coefficient (Wildman–Crippen LogP) is 1.62. The van der Waals surface area contributed by atoms with E-state index in [0.717, 1.165) is 12.1 Å². The quantitative estimate of drug-likeness (QED) is 0.677. The van der Waals surface area contributed by atoms with Gasteiger partial charge in [0.2, 0.25) is 0 Å². The Hall–Kier alpha value is -2.57. The van der Waals surface area contributed by atoms with Crippen LogP contribution in [0.3, 0.4) is 0 Å². The number of non-ortho nitro benzene ring substituents is 1. The van der Waals surface area contributed by atoms with Gasteiger partial charge in [-0.15, -0.1) is 0 Å². The van der Waals surface area contributed by atoms with E-state index in [1.165, 1.54) is 16.8 Å². The molecular formula is C13H16N4O3. The summed E-state index contributed by atoms with van der Waals surface area (Å²) < 4.78 is 3.01. The molecule has 0 bridgehead atoms. The van der Waals surface area contributed by atoms with Gasteiger partial charge in [-0.2, -0.15) is 0 Å². The maximum Gasteiger partial charge on any atom is 0.294 e. The number of hydrogen-bond acceptors (Lipinski definition) is 4. The lowest BCUT2D eigenvalue weighted by Crippen LogP contribution is -2.20. The van der Waals surface area contributed by atoms with Gasteiger partial charge in [0.1, 0.15) is 5.69 Å². The lowest BCUT2D eigenvalue weighted by Gasteiger charge is -2.09. The molecule has 0 radical (unpaired) electrons. The summed E-state index contributed by atoms with van der Waals surface area (Å²) in [6.45, 7) is 1.99. The van der Waals surface area contributed by atoms with Crippen LogP contribution >= 0.6 is 0 Å². The molecule has 2 rings (SSSR count). The number of nitrogens with zero attached hydrogens (tertiary/aromatic N) is 3. The van der Waals surface area contributed by atoms with E-state index in [0.29, 0.717) is 12.1 Å². The summed E-state index contributed by atoms with van der Waals surface area (Å²) in [6.07, 6.45) is 1.54. The smallest absolute Gasteiger partial charge is 0.294 e. The average molecular weight is 276 g/mol. The second-order valence-corrected chi connectivity index (χ2v) is 4.53. The summed E-state index contributed by atoms with van der Waals surface area (Å²) in [4.78, 5) is 22.5. The van der Waals surface area contributed by atoms with Crippen molar-refractivity contribution in [3.05, 3.63) is 50.4 Å². The Labute approximate surface area is 115 Å². The Kier molecular flexibility index (Phi) is 3.60. The maximum absolute atomic E-state index is 12.2. The molecule has 7 nitrogen and oxygen atoms in total. The van der Waals surface area contributed by atoms with E-state index in [9.17, 15) is 14.9 Å². The van der Waals surface area contributed by atoms with Crippen molar-refractivity contribution in [2.75, 3.05) is 5.73 Å². The normalized spacial score (nSPS) is 10.7. The summed E-state index contributed by atoms with van der Waals surface area (Å²) in [6, 6.07) is 5.93. The molecule has 0 spiro atoms. The van der Waals surface area contributed by atoms with E-state index in [-0.39, 0.29) is 16.9 Å². The van der Waals surface area contributed by atoms with E-state index < -0.39 is 4.92 Å². The summed E-state index contributed by atoms with van der Waals surface area (Å²) in [5.74, 6) is 0. The standard InChI is InChI=1S/C13H16N4O3/c1-3-5-11-12(14)13(18)16(15(11)2)9-6-4-7-10(8-9)17(19)20/h4,6-8H,3,5,14H2,1-2H3. The maximum atomic E-state index is 12.2. The second kappa shape index (κ2) is 5.20. The minimum atomic E-state index is -0.492. The van der Waals surface area contributed by atoms with Crippen LogP contribution in [0.1, 0.15) is 19.0 Å². The van der Waals surface area contributed by atoms with Crippen LogP contribution in [0.25, 0.3) is 5.69 Å². The SMILES string of the molecule is CCCc1c(N)c(=O)n(-c2cccc([N+](=O)[O-])c2)n1C. The number of aromatic nitrogens is 2. The molecule has 0 aliphatic rings. The van der Waals surface area contributed by atoms with E-state index in [4.69, 9.17) is 5.73 Å². The minimum Gasteiger partial charge on any atom is -0.393 e. The lowest BCUT2D eigenvalue weighted by atomic mass is 10.2. The zero-order chi connectivity index (χ0) is 14.9. The van der Waals surface area contributed by atoms with Gasteiger partial charge in [-0.3, -0.25) is 19.6 Å². The van der Waals surface area contributed by atoms with Crippen molar-refractivity contribution in [2.24, 2.45) is 7.05 Å². The number of benzene rings is 1. The second-order valence-electron chi connectivity index (χ2n) is 4.53. The van der Waals surface area contributed by atoms with Crippen molar-refractivity contribution in [3.8, 4) is 5.69 Å². The van der Waals surface area contributed by atoms with Crippen LogP contribution in [0.15, 0.2) is 29.1 Å². The highest BCUT2D eigenvalue weighted by atomic mass is 16.6. The summed E-state index contributed by atoms with van der Waals surface area (Å²) in [5.41, 5.74) is 6.79. The molecule has 1 heterocycles. The minimum absolute atomic E-state index is 0.0637. The van der Waals surface area contributed by atoms with Gasteiger partial charge < -0.3 is 5.73 Å². The fourth-order valence-electron chi connectivity index (χ4n) is 2.23. The van der Waals surface area contributed by atoms with Crippen molar-refractivity contribution < 1.29 is 4.92 Å². The zero-order valence-electron chi connectivity index (χ0n) is 11.4. The molecule has 1 aromatic heterocycles. The highest BCUT2D eigenvalue weighted by Gasteiger charge is 2.17. The molecular weight excluding hydrogens is 260 g/mol. The first-order chi connectivity index (χ1) is 9.47. The molecule has 1 aromatic carbocycles. The molecule has 0 aliphatic heterocycles. The van der Waals surface area contributed by atoms with Gasteiger partial charge in [0, 0.05) is 19.2 Å². The Bertz CT molecular complexity index is 715. The largest absolute Gasteiger partial charge is 0.393 e. The number of nitro benzene ring substituents is 1. The fraction of sp³-hybridized carbons (Fsp3) is 0.308. The number of nitro groups is 1. The van der Waals surface area contributed by atoms with Crippen LogP contribution in [0.5, 0.6) is 0 Å². The third kappa shape index (κ3) is 2.18. The monoisotopic (exact) mass is 276 g/mol. The van der Waals surface area contributed by atoms with Gasteiger partial charge in [0.15, 0.2) is 0 Å². The van der Waals surface area contributed by atoms with Gasteiger partial charge in [0.05, 0.1) is 16.3 Å². The summed E-state index contributed by atoms with van der Waals surface area (Å²) >= 11 is 0. The molecule has 0 saturated carbocycles. The molecule has 0 fully saturated rings. The van der Waals surface area contributed by atoms with Crippen molar-refractivity contribution in [1.29, 1.82) is 0 Å². The average Bonchev–Trinajstić information content (AvgIpc) is 2.63. The Balaban J connectivity index is 2.64. The van der Waals surface area contributed by atoms with Gasteiger partial charge in [-0.25, -0.2) is 4.68 Å². The number of rotatable bonds is 4. The van der Waals surface area contributed by atoms with Crippen LogP contribution in [-0.2, 0) is 13.5 Å². The molecule has 0 aliphatic carbocycles. The summed E-state index contributed by atoms with van der Waals surface area (Å²) in [7, 11) is 1.72. The van der Waals surface area contributed by atoms with Crippen molar-refractivity contribution in [2.45, 2.75) is 19.8 Å². The third-order valence-electron chi connectivity index (χ3n) is 3.20. The fourth-order valence-corrected chi connectivity index (χ4v) is 2.23. The predicted molar refractivity (Wildman–Crippen MR) is 76.1 cm³/mol. The Morgan fingerprint density at radius 3 is 2.70 bits per heavy atom. The van der Waals surface area contributed by atoms with Gasteiger partial charge in [-0.1, -0.05) is 19.4 Å². The van der Waals surface area contributed by atoms with Crippen LogP contribution in [-0.4, -0.2) is 14.3 Å². The van der Waals surface area contributed by atoms with E-state index in [1.807, 2.05) is 6.92 Å². The van der Waals surface area contributed by atoms with Crippen LogP contribution < -0.4 is 11.3 Å². The molecule has 20 heavy (non-hydrogen) atoms. The van der Waals surface area contributed by atoms with E-state index in [1.54, 1.807) is 23.9 Å². The molecule has 0 atom stereocenters. The van der Waals surface area contributed by atoms with Crippen LogP contribution in [0.2, 0.25) is 0 Å². The van der Waals surface area contributed by atoms with Crippen molar-refractivity contribution in [3.63, 3.8) is 0 Å². The van der Waals surface area contributed by atoms with Crippen LogP contribution in [0.4, 0.5) is 11.4 Å². The summed E-state index contributed by atoms with van der Waals surface area (Å²) in [5, 5.41) is 10.8. The van der Waals surface area contributed by atoms with Gasteiger partial charge >= 0.3 is 0 Å². The number of hydrogen-bond donors (Lipinski definition) is 1. The van der Waals surface area contributed by atoms with Crippen molar-refractivity contribution >= 4 is 11.4 Å². The van der Waals surface area contributed by atoms with Crippen LogP contribution in [0, 0.1) is 10.1 Å². The van der Waals surface area contributed by atoms with Gasteiger partial charge in [-0.05, 0) is 12.5 Å². The lowest BCUT2D eigenvalue weighted by molar-refractivity contribution is -0.384. The number of nitrogen functional groups attached to an aromatic ring is 1. The zero-order valence-corrected chi connectivity index (χ0v) is 11.4. The first-order valence-corrected chi connectivity index (χ1v) is 6.28. The van der Waals surface area contributed by atoms with E-state index >= 15 is 0 Å². The number of nitrogens with two attached hydrogens (primary N) is 1.